The molecule has 112 valence electrons. The first-order valence-corrected chi connectivity index (χ1v) is 7.18. The number of benzene rings is 2. The normalized spacial score (nSPS) is 12.2. The molecule has 0 radical (unpaired) electrons. The minimum Gasteiger partial charge on any atom is -0.507 e. The number of methoxy groups -OCH3 is 1. The lowest BCUT2D eigenvalue weighted by molar-refractivity contribution is 0.401. The van der Waals surface area contributed by atoms with Crippen molar-refractivity contribution in [3.8, 4) is 11.5 Å². The van der Waals surface area contributed by atoms with Crippen molar-refractivity contribution >= 4 is 0 Å². The molecule has 2 aromatic carbocycles. The van der Waals surface area contributed by atoms with Crippen LogP contribution in [-0.4, -0.2) is 12.2 Å². The van der Waals surface area contributed by atoms with Gasteiger partial charge in [-0.15, -0.1) is 0 Å². The Morgan fingerprint density at radius 3 is 2.38 bits per heavy atom. The summed E-state index contributed by atoms with van der Waals surface area (Å²) < 4.78 is 5.40. The van der Waals surface area contributed by atoms with Crippen LogP contribution >= 0.6 is 0 Å². The van der Waals surface area contributed by atoms with Crippen molar-refractivity contribution < 1.29 is 9.84 Å². The van der Waals surface area contributed by atoms with Crippen molar-refractivity contribution in [1.29, 1.82) is 0 Å². The molecule has 0 aliphatic carbocycles. The Morgan fingerprint density at radius 2 is 1.76 bits per heavy atom. The number of phenolic OH excluding ortho intramolecular Hbond substituents is 1. The Balaban J connectivity index is 2.09. The number of phenols is 1. The van der Waals surface area contributed by atoms with E-state index >= 15 is 0 Å². The van der Waals surface area contributed by atoms with Gasteiger partial charge in [-0.1, -0.05) is 30.3 Å². The number of rotatable bonds is 5. The molecule has 0 aromatic heterocycles. The van der Waals surface area contributed by atoms with Gasteiger partial charge >= 0.3 is 0 Å². The van der Waals surface area contributed by atoms with Crippen LogP contribution in [0.2, 0.25) is 0 Å². The number of hydrogen-bond acceptors (Lipinski definition) is 3. The van der Waals surface area contributed by atoms with E-state index in [0.29, 0.717) is 5.75 Å². The van der Waals surface area contributed by atoms with E-state index in [4.69, 9.17) is 4.74 Å². The van der Waals surface area contributed by atoms with Crippen LogP contribution in [-0.2, 0) is 6.54 Å². The van der Waals surface area contributed by atoms with Gasteiger partial charge in [0.15, 0.2) is 0 Å². The van der Waals surface area contributed by atoms with E-state index in [0.717, 1.165) is 29.0 Å². The highest BCUT2D eigenvalue weighted by Gasteiger charge is 2.11. The standard InChI is InChI=1S/C18H23NO2/c1-12-9-15(10-13(2)18(12)20)11-19-14(3)16-7-5-6-8-17(16)21-4/h5-10,14,19-20H,11H2,1-4H3/t14-/m0/s1. The van der Waals surface area contributed by atoms with Crippen LogP contribution in [0.15, 0.2) is 36.4 Å². The zero-order valence-electron chi connectivity index (χ0n) is 13.1. The highest BCUT2D eigenvalue weighted by Crippen LogP contribution is 2.26. The Bertz CT molecular complexity index is 599. The topological polar surface area (TPSA) is 41.5 Å². The second-order valence-corrected chi connectivity index (χ2v) is 5.42. The first-order chi connectivity index (χ1) is 10.0. The maximum atomic E-state index is 9.82. The van der Waals surface area contributed by atoms with Crippen LogP contribution in [0, 0.1) is 13.8 Å². The summed E-state index contributed by atoms with van der Waals surface area (Å²) >= 11 is 0. The number of nitrogens with one attached hydrogen (secondary N) is 1. The van der Waals surface area contributed by atoms with E-state index in [1.165, 1.54) is 5.56 Å². The van der Waals surface area contributed by atoms with Gasteiger partial charge in [-0.25, -0.2) is 0 Å². The molecule has 0 aliphatic rings. The molecule has 21 heavy (non-hydrogen) atoms. The van der Waals surface area contributed by atoms with E-state index in [2.05, 4.69) is 18.3 Å². The zero-order chi connectivity index (χ0) is 15.4. The number of aromatic hydroxyl groups is 1. The lowest BCUT2D eigenvalue weighted by Crippen LogP contribution is -2.18. The molecule has 2 N–H and O–H groups in total. The summed E-state index contributed by atoms with van der Waals surface area (Å²) in [6.45, 7) is 6.73. The molecular weight excluding hydrogens is 262 g/mol. The van der Waals surface area contributed by atoms with E-state index < -0.39 is 0 Å². The fraction of sp³-hybridized carbons (Fsp3) is 0.333. The minimum absolute atomic E-state index is 0.190. The maximum Gasteiger partial charge on any atom is 0.123 e. The van der Waals surface area contributed by atoms with Gasteiger partial charge in [0.05, 0.1) is 7.11 Å². The highest BCUT2D eigenvalue weighted by atomic mass is 16.5. The molecule has 0 heterocycles. The van der Waals surface area contributed by atoms with Gasteiger partial charge in [0.25, 0.3) is 0 Å². The third-order valence-electron chi connectivity index (χ3n) is 3.77. The van der Waals surface area contributed by atoms with Crippen molar-refractivity contribution in [1.82, 2.24) is 5.32 Å². The molecule has 2 rings (SSSR count). The molecule has 0 amide bonds. The Labute approximate surface area is 126 Å². The second-order valence-electron chi connectivity index (χ2n) is 5.42. The van der Waals surface area contributed by atoms with Gasteiger partial charge in [0.2, 0.25) is 0 Å². The quantitative estimate of drug-likeness (QED) is 0.876. The summed E-state index contributed by atoms with van der Waals surface area (Å²) in [7, 11) is 1.69. The van der Waals surface area contributed by atoms with Crippen LogP contribution in [0.25, 0.3) is 0 Å². The van der Waals surface area contributed by atoms with Crippen LogP contribution in [0.3, 0.4) is 0 Å². The molecule has 0 spiro atoms. The van der Waals surface area contributed by atoms with Gasteiger partial charge in [-0.3, -0.25) is 0 Å². The lowest BCUT2D eigenvalue weighted by Gasteiger charge is -2.18. The van der Waals surface area contributed by atoms with Crippen LogP contribution in [0.5, 0.6) is 11.5 Å². The SMILES string of the molecule is COc1ccccc1[C@H](C)NCc1cc(C)c(O)c(C)c1. The molecule has 0 aliphatic heterocycles. The fourth-order valence-corrected chi connectivity index (χ4v) is 2.55. The zero-order valence-corrected chi connectivity index (χ0v) is 13.1. The van der Waals surface area contributed by atoms with Gasteiger partial charge < -0.3 is 15.2 Å². The summed E-state index contributed by atoms with van der Waals surface area (Å²) in [5, 5.41) is 13.3. The molecule has 0 bridgehead atoms. The van der Waals surface area contributed by atoms with Crippen molar-refractivity contribution in [3.05, 3.63) is 58.7 Å². The number of hydrogen-bond donors (Lipinski definition) is 2. The summed E-state index contributed by atoms with van der Waals surface area (Å²) in [5.41, 5.74) is 4.14. The van der Waals surface area contributed by atoms with Gasteiger partial charge in [0, 0.05) is 18.2 Å². The third kappa shape index (κ3) is 3.56. The first kappa shape index (κ1) is 15.4. The average molecular weight is 285 g/mol. The van der Waals surface area contributed by atoms with Crippen LogP contribution < -0.4 is 10.1 Å². The Kier molecular flexibility index (Phi) is 4.86. The monoisotopic (exact) mass is 285 g/mol. The smallest absolute Gasteiger partial charge is 0.123 e. The van der Waals surface area contributed by atoms with Crippen molar-refractivity contribution in [3.63, 3.8) is 0 Å². The van der Waals surface area contributed by atoms with Crippen LogP contribution in [0.4, 0.5) is 0 Å². The molecule has 0 fully saturated rings. The summed E-state index contributed by atoms with van der Waals surface area (Å²) in [6, 6.07) is 12.3. The van der Waals surface area contributed by atoms with Gasteiger partial charge in [-0.2, -0.15) is 0 Å². The fourth-order valence-electron chi connectivity index (χ4n) is 2.55. The first-order valence-electron chi connectivity index (χ1n) is 7.18. The molecule has 0 saturated heterocycles. The van der Waals surface area contributed by atoms with Gasteiger partial charge in [-0.05, 0) is 43.5 Å². The molecule has 0 unspecified atom stereocenters. The molecule has 3 nitrogen and oxygen atoms in total. The average Bonchev–Trinajstić information content (AvgIpc) is 2.50. The largest absolute Gasteiger partial charge is 0.507 e. The summed E-state index contributed by atoms with van der Waals surface area (Å²) in [6.07, 6.45) is 0. The van der Waals surface area contributed by atoms with Crippen LogP contribution in [0.1, 0.15) is 35.2 Å². The molecule has 3 heteroatoms. The number of aryl methyl sites for hydroxylation is 2. The summed E-state index contributed by atoms with van der Waals surface area (Å²) in [4.78, 5) is 0. The van der Waals surface area contributed by atoms with Crippen molar-refractivity contribution in [2.75, 3.05) is 7.11 Å². The summed E-state index contributed by atoms with van der Waals surface area (Å²) in [5.74, 6) is 1.28. The lowest BCUT2D eigenvalue weighted by atomic mass is 10.0. The highest BCUT2D eigenvalue weighted by molar-refractivity contribution is 5.42. The molecule has 2 aromatic rings. The molecule has 0 saturated carbocycles. The molecule has 1 atom stereocenters. The Hall–Kier alpha value is -2.00. The second kappa shape index (κ2) is 6.64. The number of ether oxygens (including phenoxy) is 1. The predicted octanol–water partition coefficient (Wildman–Crippen LogP) is 3.87. The Morgan fingerprint density at radius 1 is 1.14 bits per heavy atom. The van der Waals surface area contributed by atoms with E-state index in [-0.39, 0.29) is 6.04 Å². The van der Waals surface area contributed by atoms with E-state index in [9.17, 15) is 5.11 Å². The third-order valence-corrected chi connectivity index (χ3v) is 3.77. The van der Waals surface area contributed by atoms with Crippen molar-refractivity contribution in [2.24, 2.45) is 0 Å². The predicted molar refractivity (Wildman–Crippen MR) is 85.8 cm³/mol. The minimum atomic E-state index is 0.190. The number of para-hydroxylation sites is 1. The van der Waals surface area contributed by atoms with Crippen molar-refractivity contribution in [2.45, 2.75) is 33.4 Å². The molecular formula is C18H23NO2. The van der Waals surface area contributed by atoms with E-state index in [1.807, 2.05) is 44.2 Å². The van der Waals surface area contributed by atoms with Gasteiger partial charge in [0.1, 0.15) is 11.5 Å². The maximum absolute atomic E-state index is 9.82. The van der Waals surface area contributed by atoms with E-state index in [1.54, 1.807) is 7.11 Å².